The molecule has 30 heavy (non-hydrogen) atoms. The number of ether oxygens (including phenoxy) is 3. The topological polar surface area (TPSA) is 85.4 Å². The Hall–Kier alpha value is -2.23. The molecule has 1 aromatic carbocycles. The Labute approximate surface area is 184 Å². The van der Waals surface area contributed by atoms with E-state index in [0.717, 1.165) is 16.7 Å². The highest BCUT2D eigenvalue weighted by molar-refractivity contribution is 8.18. The maximum absolute atomic E-state index is 12.7. The van der Waals surface area contributed by atoms with Gasteiger partial charge in [0.1, 0.15) is 6.54 Å². The predicted octanol–water partition coefficient (Wildman–Crippen LogP) is 3.03. The van der Waals surface area contributed by atoms with Crippen molar-refractivity contribution >= 4 is 46.5 Å². The summed E-state index contributed by atoms with van der Waals surface area (Å²) in [7, 11) is 0. The van der Waals surface area contributed by atoms with Crippen LogP contribution in [0.4, 0.5) is 4.79 Å². The highest BCUT2D eigenvalue weighted by Crippen LogP contribution is 2.39. The molecule has 2 aliphatic heterocycles. The normalized spacial score (nSPS) is 18.3. The molecule has 2 heterocycles. The maximum atomic E-state index is 12.7. The summed E-state index contributed by atoms with van der Waals surface area (Å²) >= 11 is 7.11. The van der Waals surface area contributed by atoms with Crippen LogP contribution in [-0.4, -0.2) is 72.9 Å². The highest BCUT2D eigenvalue weighted by Gasteiger charge is 2.37. The van der Waals surface area contributed by atoms with Crippen LogP contribution in [0.5, 0.6) is 11.5 Å². The molecule has 2 fully saturated rings. The van der Waals surface area contributed by atoms with Crippen LogP contribution in [0.15, 0.2) is 17.0 Å². The summed E-state index contributed by atoms with van der Waals surface area (Å²) in [6.07, 6.45) is 1.56. The molecule has 0 N–H and O–H groups in total. The Kier molecular flexibility index (Phi) is 7.63. The molecule has 0 aromatic heterocycles. The number of carbonyl (C=O) groups excluding carboxylic acids is 3. The van der Waals surface area contributed by atoms with Gasteiger partial charge in [-0.3, -0.25) is 19.3 Å². The quantitative estimate of drug-likeness (QED) is 0.585. The molecule has 8 nitrogen and oxygen atoms in total. The number of amides is 3. The van der Waals surface area contributed by atoms with Gasteiger partial charge in [-0.2, -0.15) is 0 Å². The Morgan fingerprint density at radius 3 is 2.57 bits per heavy atom. The average Bonchev–Trinajstić information content (AvgIpc) is 2.98. The number of morpholine rings is 1. The molecule has 162 valence electrons. The van der Waals surface area contributed by atoms with Gasteiger partial charge in [0.05, 0.1) is 36.4 Å². The summed E-state index contributed by atoms with van der Waals surface area (Å²) in [6.45, 7) is 6.06. The molecule has 10 heteroatoms. The van der Waals surface area contributed by atoms with Gasteiger partial charge in [0.25, 0.3) is 11.1 Å². The Morgan fingerprint density at radius 1 is 1.20 bits per heavy atom. The smallest absolute Gasteiger partial charge is 0.294 e. The van der Waals surface area contributed by atoms with Gasteiger partial charge >= 0.3 is 0 Å². The summed E-state index contributed by atoms with van der Waals surface area (Å²) in [5, 5.41) is -0.134. The number of halogens is 1. The minimum absolute atomic E-state index is 0.220. The monoisotopic (exact) mass is 454 g/mol. The zero-order valence-corrected chi connectivity index (χ0v) is 18.4. The van der Waals surface area contributed by atoms with Gasteiger partial charge in [0.2, 0.25) is 5.91 Å². The third kappa shape index (κ3) is 5.08. The van der Waals surface area contributed by atoms with Gasteiger partial charge < -0.3 is 19.1 Å². The Bertz CT molecular complexity index is 869. The number of nitrogens with zero attached hydrogens (tertiary/aromatic N) is 2. The second kappa shape index (κ2) is 10.2. The largest absolute Gasteiger partial charge is 0.490 e. The van der Waals surface area contributed by atoms with E-state index in [9.17, 15) is 14.4 Å². The Balaban J connectivity index is 1.78. The van der Waals surface area contributed by atoms with Crippen molar-refractivity contribution in [3.8, 4) is 11.5 Å². The van der Waals surface area contributed by atoms with Crippen molar-refractivity contribution in [3.63, 3.8) is 0 Å². The lowest BCUT2D eigenvalue weighted by atomic mass is 10.1. The molecule has 0 radical (unpaired) electrons. The van der Waals surface area contributed by atoms with Crippen molar-refractivity contribution in [2.75, 3.05) is 46.1 Å². The van der Waals surface area contributed by atoms with E-state index in [1.54, 1.807) is 23.1 Å². The fraction of sp³-hybridized carbons (Fsp3) is 0.450. The lowest BCUT2D eigenvalue weighted by Gasteiger charge is -2.28. The first kappa shape index (κ1) is 22.5. The zero-order chi connectivity index (χ0) is 21.7. The van der Waals surface area contributed by atoms with Crippen LogP contribution >= 0.6 is 23.4 Å². The fourth-order valence-electron chi connectivity index (χ4n) is 3.05. The van der Waals surface area contributed by atoms with Gasteiger partial charge in [0.15, 0.2) is 11.5 Å². The first-order valence-corrected chi connectivity index (χ1v) is 10.8. The van der Waals surface area contributed by atoms with Crippen LogP contribution in [0.25, 0.3) is 6.08 Å². The van der Waals surface area contributed by atoms with Gasteiger partial charge in [-0.05, 0) is 49.4 Å². The summed E-state index contributed by atoms with van der Waals surface area (Å²) in [4.78, 5) is 40.3. The van der Waals surface area contributed by atoms with E-state index in [1.807, 2.05) is 13.8 Å². The van der Waals surface area contributed by atoms with Crippen molar-refractivity contribution in [1.29, 1.82) is 0 Å². The maximum Gasteiger partial charge on any atom is 0.294 e. The van der Waals surface area contributed by atoms with Gasteiger partial charge in [-0.15, -0.1) is 0 Å². The number of carbonyl (C=O) groups is 3. The molecule has 0 aliphatic carbocycles. The molecule has 0 atom stereocenters. The molecule has 0 unspecified atom stereocenters. The molecular weight excluding hydrogens is 432 g/mol. The van der Waals surface area contributed by atoms with Crippen LogP contribution in [0, 0.1) is 0 Å². The van der Waals surface area contributed by atoms with Crippen molar-refractivity contribution in [2.24, 2.45) is 0 Å². The molecular formula is C20H23ClN2O6S. The molecule has 3 rings (SSSR count). The standard InChI is InChI=1S/C20H23ClN2O6S/c1-3-28-15-10-13(9-14(21)18(15)29-4-2)11-16-19(25)23(20(26)30-16)12-17(24)22-5-7-27-8-6-22/h9-11H,3-8,12H2,1-2H3/b16-11-. The summed E-state index contributed by atoms with van der Waals surface area (Å²) < 4.78 is 16.4. The third-order valence-electron chi connectivity index (χ3n) is 4.45. The molecule has 0 bridgehead atoms. The number of imide groups is 1. The van der Waals surface area contributed by atoms with Gasteiger partial charge in [-0.25, -0.2) is 0 Å². The molecule has 2 aliphatic rings. The minimum Gasteiger partial charge on any atom is -0.490 e. The minimum atomic E-state index is -0.505. The fourth-order valence-corrected chi connectivity index (χ4v) is 4.17. The lowest BCUT2D eigenvalue weighted by molar-refractivity contribution is -0.139. The van der Waals surface area contributed by atoms with Crippen LogP contribution in [0.1, 0.15) is 19.4 Å². The van der Waals surface area contributed by atoms with Crippen LogP contribution in [0.3, 0.4) is 0 Å². The van der Waals surface area contributed by atoms with E-state index in [1.165, 1.54) is 0 Å². The second-order valence-corrected chi connectivity index (χ2v) is 7.86. The lowest BCUT2D eigenvalue weighted by Crippen LogP contribution is -2.46. The number of hydrogen-bond donors (Lipinski definition) is 0. The number of thioether (sulfide) groups is 1. The van der Waals surface area contributed by atoms with Crippen molar-refractivity contribution in [3.05, 3.63) is 27.6 Å². The second-order valence-electron chi connectivity index (χ2n) is 6.46. The van der Waals surface area contributed by atoms with E-state index < -0.39 is 11.1 Å². The third-order valence-corrected chi connectivity index (χ3v) is 5.64. The van der Waals surface area contributed by atoms with E-state index in [0.29, 0.717) is 61.6 Å². The zero-order valence-electron chi connectivity index (χ0n) is 16.8. The van der Waals surface area contributed by atoms with E-state index >= 15 is 0 Å². The summed E-state index contributed by atoms with van der Waals surface area (Å²) in [5.74, 6) is 0.112. The van der Waals surface area contributed by atoms with E-state index in [4.69, 9.17) is 25.8 Å². The molecule has 0 saturated carbocycles. The Morgan fingerprint density at radius 2 is 1.90 bits per heavy atom. The first-order valence-electron chi connectivity index (χ1n) is 9.64. The SMILES string of the molecule is CCOc1cc(/C=C2\SC(=O)N(CC(=O)N3CCOCC3)C2=O)cc(Cl)c1OCC. The van der Waals surface area contributed by atoms with Crippen LogP contribution < -0.4 is 9.47 Å². The van der Waals surface area contributed by atoms with Crippen LogP contribution in [-0.2, 0) is 14.3 Å². The number of benzene rings is 1. The van der Waals surface area contributed by atoms with E-state index in [2.05, 4.69) is 0 Å². The van der Waals surface area contributed by atoms with Crippen molar-refractivity contribution in [2.45, 2.75) is 13.8 Å². The van der Waals surface area contributed by atoms with Gasteiger partial charge in [0, 0.05) is 13.1 Å². The van der Waals surface area contributed by atoms with Crippen LogP contribution in [0.2, 0.25) is 5.02 Å². The summed E-state index contributed by atoms with van der Waals surface area (Å²) in [6, 6.07) is 3.34. The number of rotatable bonds is 7. The molecule has 3 amide bonds. The van der Waals surface area contributed by atoms with Crippen molar-refractivity contribution in [1.82, 2.24) is 9.80 Å². The first-order chi connectivity index (χ1) is 14.4. The summed E-state index contributed by atoms with van der Waals surface area (Å²) in [5.41, 5.74) is 0.594. The molecule has 0 spiro atoms. The van der Waals surface area contributed by atoms with Crippen molar-refractivity contribution < 1.29 is 28.6 Å². The average molecular weight is 455 g/mol. The van der Waals surface area contributed by atoms with Gasteiger partial charge in [-0.1, -0.05) is 11.6 Å². The highest BCUT2D eigenvalue weighted by atomic mass is 35.5. The predicted molar refractivity (Wildman–Crippen MR) is 114 cm³/mol. The number of hydrogen-bond acceptors (Lipinski definition) is 7. The molecule has 2 saturated heterocycles. The van der Waals surface area contributed by atoms with E-state index in [-0.39, 0.29) is 17.4 Å². The molecule has 1 aromatic rings.